The number of aromatic nitrogens is 2. The molecule has 28 heavy (non-hydrogen) atoms. The van der Waals surface area contributed by atoms with Crippen LogP contribution in [0.25, 0.3) is 11.4 Å². The topological polar surface area (TPSA) is 62.8 Å². The molecule has 7 heteroatoms. The second kappa shape index (κ2) is 7.80. The van der Waals surface area contributed by atoms with Crippen LogP contribution in [0.15, 0.2) is 65.5 Å². The van der Waals surface area contributed by atoms with Crippen molar-refractivity contribution in [1.29, 1.82) is 0 Å². The van der Waals surface area contributed by atoms with Crippen LogP contribution < -0.4 is 5.56 Å². The number of Topliss-reactive ketones (excluding diaryl/α,β-unsaturated/α-hetero) is 1. The molecule has 3 rings (SSSR count). The van der Waals surface area contributed by atoms with E-state index in [1.54, 1.807) is 37.3 Å². The predicted molar refractivity (Wildman–Crippen MR) is 99.1 cm³/mol. The quantitative estimate of drug-likeness (QED) is 0.639. The molecule has 0 aliphatic rings. The summed E-state index contributed by atoms with van der Waals surface area (Å²) in [6.07, 6.45) is -4.70. The second-order valence-electron chi connectivity index (χ2n) is 6.46. The number of rotatable bonds is 5. The standard InChI is InChI=1S/C21H17F3N2O2/c1-13(15-9-5-6-10-16(15)21(22,23)24)11-18(27)17-12-19(28)26-20(25-17)14-7-3-2-4-8-14/h2-10,12-13H,11H2,1H3,(H,25,26,28). The third-order valence-corrected chi connectivity index (χ3v) is 4.36. The van der Waals surface area contributed by atoms with Gasteiger partial charge >= 0.3 is 6.18 Å². The smallest absolute Gasteiger partial charge is 0.306 e. The third-order valence-electron chi connectivity index (χ3n) is 4.36. The van der Waals surface area contributed by atoms with Crippen LogP contribution in [0.4, 0.5) is 13.2 Å². The lowest BCUT2D eigenvalue weighted by Gasteiger charge is -2.17. The van der Waals surface area contributed by atoms with Crippen molar-refractivity contribution in [2.45, 2.75) is 25.4 Å². The Labute approximate surface area is 159 Å². The van der Waals surface area contributed by atoms with Gasteiger partial charge < -0.3 is 4.98 Å². The van der Waals surface area contributed by atoms with Crippen molar-refractivity contribution in [3.05, 3.63) is 87.8 Å². The summed E-state index contributed by atoms with van der Waals surface area (Å²) in [6, 6.07) is 15.0. The number of carbonyl (C=O) groups is 1. The summed E-state index contributed by atoms with van der Waals surface area (Å²) in [4.78, 5) is 31.3. The van der Waals surface area contributed by atoms with Gasteiger partial charge in [-0.1, -0.05) is 55.5 Å². The Morgan fingerprint density at radius 1 is 1.07 bits per heavy atom. The number of carbonyl (C=O) groups excluding carboxylic acids is 1. The fourth-order valence-corrected chi connectivity index (χ4v) is 3.01. The van der Waals surface area contributed by atoms with Crippen molar-refractivity contribution in [3.8, 4) is 11.4 Å². The van der Waals surface area contributed by atoms with E-state index in [9.17, 15) is 22.8 Å². The van der Waals surface area contributed by atoms with Gasteiger partial charge in [0.05, 0.1) is 5.56 Å². The number of ketones is 1. The highest BCUT2D eigenvalue weighted by molar-refractivity contribution is 5.95. The highest BCUT2D eigenvalue weighted by atomic mass is 19.4. The fraction of sp³-hybridized carbons (Fsp3) is 0.190. The van der Waals surface area contributed by atoms with Crippen LogP contribution >= 0.6 is 0 Å². The van der Waals surface area contributed by atoms with Crippen LogP contribution in [0, 0.1) is 0 Å². The Hall–Kier alpha value is -3.22. The van der Waals surface area contributed by atoms with Crippen LogP contribution in [0.1, 0.15) is 40.9 Å². The maximum absolute atomic E-state index is 13.2. The van der Waals surface area contributed by atoms with Crippen molar-refractivity contribution in [2.75, 3.05) is 0 Å². The maximum Gasteiger partial charge on any atom is 0.416 e. The highest BCUT2D eigenvalue weighted by Gasteiger charge is 2.34. The van der Waals surface area contributed by atoms with E-state index in [0.717, 1.165) is 12.1 Å². The first kappa shape index (κ1) is 19.5. The van der Waals surface area contributed by atoms with Crippen LogP contribution in [0.2, 0.25) is 0 Å². The number of benzene rings is 2. The molecule has 0 amide bonds. The number of halogens is 3. The Morgan fingerprint density at radius 2 is 1.71 bits per heavy atom. The minimum atomic E-state index is -4.50. The molecule has 0 aliphatic heterocycles. The summed E-state index contributed by atoms with van der Waals surface area (Å²) in [5, 5.41) is 0. The predicted octanol–water partition coefficient (Wildman–Crippen LogP) is 4.83. The molecule has 1 N–H and O–H groups in total. The van der Waals surface area contributed by atoms with E-state index in [1.165, 1.54) is 18.2 Å². The number of aromatic amines is 1. The second-order valence-corrected chi connectivity index (χ2v) is 6.46. The molecule has 1 heterocycles. The summed E-state index contributed by atoms with van der Waals surface area (Å²) in [5.41, 5.74) is -0.667. The molecule has 2 aromatic carbocycles. The van der Waals surface area contributed by atoms with Gasteiger partial charge in [0, 0.05) is 18.1 Å². The minimum Gasteiger partial charge on any atom is -0.306 e. The first-order valence-corrected chi connectivity index (χ1v) is 8.62. The molecule has 4 nitrogen and oxygen atoms in total. The summed E-state index contributed by atoms with van der Waals surface area (Å²) in [7, 11) is 0. The molecule has 3 aromatic rings. The van der Waals surface area contributed by atoms with Gasteiger partial charge in [0.15, 0.2) is 5.78 Å². The number of H-pyrrole nitrogens is 1. The molecule has 144 valence electrons. The van der Waals surface area contributed by atoms with Gasteiger partial charge in [-0.2, -0.15) is 13.2 Å². The van der Waals surface area contributed by atoms with Crippen molar-refractivity contribution in [2.24, 2.45) is 0 Å². The van der Waals surface area contributed by atoms with Gasteiger partial charge in [0.2, 0.25) is 0 Å². The number of alkyl halides is 3. The molecule has 1 unspecified atom stereocenters. The summed E-state index contributed by atoms with van der Waals surface area (Å²) < 4.78 is 39.7. The lowest BCUT2D eigenvalue weighted by Crippen LogP contribution is -2.17. The van der Waals surface area contributed by atoms with E-state index in [-0.39, 0.29) is 23.5 Å². The first-order valence-electron chi connectivity index (χ1n) is 8.62. The zero-order chi connectivity index (χ0) is 20.3. The van der Waals surface area contributed by atoms with Crippen LogP contribution in [0.5, 0.6) is 0 Å². The fourth-order valence-electron chi connectivity index (χ4n) is 3.01. The van der Waals surface area contributed by atoms with Crippen molar-refractivity contribution in [3.63, 3.8) is 0 Å². The minimum absolute atomic E-state index is 0.0384. The maximum atomic E-state index is 13.2. The van der Waals surface area contributed by atoms with Crippen LogP contribution in [0.3, 0.4) is 0 Å². The molecule has 0 fully saturated rings. The van der Waals surface area contributed by atoms with Crippen molar-refractivity contribution in [1.82, 2.24) is 9.97 Å². The molecule has 0 saturated carbocycles. The average Bonchev–Trinajstić information content (AvgIpc) is 2.67. The SMILES string of the molecule is CC(CC(=O)c1cc(=O)[nH]c(-c2ccccc2)n1)c1ccccc1C(F)(F)F. The normalized spacial score (nSPS) is 12.6. The molecule has 1 aromatic heterocycles. The Bertz CT molecular complexity index is 1040. The highest BCUT2D eigenvalue weighted by Crippen LogP contribution is 2.36. The molecular formula is C21H17F3N2O2. The van der Waals surface area contributed by atoms with Crippen LogP contribution in [-0.2, 0) is 6.18 Å². The number of hydrogen-bond donors (Lipinski definition) is 1. The number of hydrogen-bond acceptors (Lipinski definition) is 3. The molecule has 1 atom stereocenters. The summed E-state index contributed by atoms with van der Waals surface area (Å²) in [5.74, 6) is -0.945. The Kier molecular flexibility index (Phi) is 5.44. The average molecular weight is 386 g/mol. The van der Waals surface area contributed by atoms with Gasteiger partial charge in [-0.15, -0.1) is 0 Å². The number of nitrogens with zero attached hydrogens (tertiary/aromatic N) is 1. The van der Waals surface area contributed by atoms with Crippen molar-refractivity contribution < 1.29 is 18.0 Å². The van der Waals surface area contributed by atoms with E-state index in [0.29, 0.717) is 5.56 Å². The van der Waals surface area contributed by atoms with E-state index in [4.69, 9.17) is 0 Å². The number of nitrogens with one attached hydrogen (secondary N) is 1. The Morgan fingerprint density at radius 3 is 2.39 bits per heavy atom. The van der Waals surface area contributed by atoms with Gasteiger partial charge in [-0.05, 0) is 17.5 Å². The summed E-state index contributed by atoms with van der Waals surface area (Å²) in [6.45, 7) is 1.55. The van der Waals surface area contributed by atoms with E-state index < -0.39 is 29.0 Å². The van der Waals surface area contributed by atoms with Crippen LogP contribution in [-0.4, -0.2) is 15.8 Å². The zero-order valence-corrected chi connectivity index (χ0v) is 15.0. The van der Waals surface area contributed by atoms with E-state index in [1.807, 2.05) is 0 Å². The summed E-state index contributed by atoms with van der Waals surface area (Å²) >= 11 is 0. The van der Waals surface area contributed by atoms with Crippen molar-refractivity contribution >= 4 is 5.78 Å². The van der Waals surface area contributed by atoms with Gasteiger partial charge in [0.1, 0.15) is 11.5 Å². The molecule has 0 bridgehead atoms. The lowest BCUT2D eigenvalue weighted by molar-refractivity contribution is -0.138. The van der Waals surface area contributed by atoms with Gasteiger partial charge in [0.25, 0.3) is 5.56 Å². The van der Waals surface area contributed by atoms with E-state index >= 15 is 0 Å². The monoisotopic (exact) mass is 386 g/mol. The third kappa shape index (κ3) is 4.36. The largest absolute Gasteiger partial charge is 0.416 e. The van der Waals surface area contributed by atoms with Gasteiger partial charge in [-0.3, -0.25) is 9.59 Å². The Balaban J connectivity index is 1.88. The molecule has 0 radical (unpaired) electrons. The molecule has 0 aliphatic carbocycles. The first-order chi connectivity index (χ1) is 13.3. The van der Waals surface area contributed by atoms with Gasteiger partial charge in [-0.25, -0.2) is 4.98 Å². The van der Waals surface area contributed by atoms with E-state index in [2.05, 4.69) is 9.97 Å². The molecule has 0 saturated heterocycles. The molecular weight excluding hydrogens is 369 g/mol. The molecule has 0 spiro atoms. The lowest BCUT2D eigenvalue weighted by atomic mass is 9.90. The zero-order valence-electron chi connectivity index (χ0n) is 15.0.